The lowest BCUT2D eigenvalue weighted by Gasteiger charge is -2.11. The zero-order valence-electron chi connectivity index (χ0n) is 10.2. The lowest BCUT2D eigenvalue weighted by atomic mass is 10.0. The van der Waals surface area contributed by atoms with Gasteiger partial charge >= 0.3 is 0 Å². The van der Waals surface area contributed by atoms with Gasteiger partial charge < -0.3 is 5.11 Å². The SMILES string of the molecule is CCc1nn(C)cc1C(O)c1ccc(F)cc1F. The summed E-state index contributed by atoms with van der Waals surface area (Å²) < 4.78 is 28.0. The van der Waals surface area contributed by atoms with Gasteiger partial charge in [-0.15, -0.1) is 0 Å². The maximum atomic E-state index is 13.6. The van der Waals surface area contributed by atoms with Crippen molar-refractivity contribution >= 4 is 0 Å². The summed E-state index contributed by atoms with van der Waals surface area (Å²) in [5, 5.41) is 14.4. The summed E-state index contributed by atoms with van der Waals surface area (Å²) in [7, 11) is 1.73. The summed E-state index contributed by atoms with van der Waals surface area (Å²) in [4.78, 5) is 0. The molecule has 96 valence electrons. The van der Waals surface area contributed by atoms with E-state index in [4.69, 9.17) is 0 Å². The molecular formula is C13H14F2N2O. The molecule has 1 aromatic carbocycles. The fourth-order valence-electron chi connectivity index (χ4n) is 1.95. The van der Waals surface area contributed by atoms with E-state index in [0.717, 1.165) is 12.1 Å². The normalized spacial score (nSPS) is 12.7. The van der Waals surface area contributed by atoms with Gasteiger partial charge in [0.15, 0.2) is 0 Å². The van der Waals surface area contributed by atoms with Gasteiger partial charge in [-0.3, -0.25) is 4.68 Å². The van der Waals surface area contributed by atoms with Crippen LogP contribution in [-0.2, 0) is 13.5 Å². The van der Waals surface area contributed by atoms with Gasteiger partial charge in [-0.05, 0) is 12.5 Å². The minimum absolute atomic E-state index is 0.0547. The van der Waals surface area contributed by atoms with Crippen LogP contribution in [0.4, 0.5) is 8.78 Å². The summed E-state index contributed by atoms with van der Waals surface area (Å²) in [5.41, 5.74) is 1.30. The maximum Gasteiger partial charge on any atom is 0.132 e. The number of aromatic nitrogens is 2. The molecule has 0 saturated heterocycles. The quantitative estimate of drug-likeness (QED) is 0.910. The highest BCUT2D eigenvalue weighted by Gasteiger charge is 2.20. The fourth-order valence-corrected chi connectivity index (χ4v) is 1.95. The van der Waals surface area contributed by atoms with Crippen molar-refractivity contribution in [2.75, 3.05) is 0 Å². The van der Waals surface area contributed by atoms with Crippen molar-refractivity contribution in [3.8, 4) is 0 Å². The third kappa shape index (κ3) is 2.26. The summed E-state index contributed by atoms with van der Waals surface area (Å²) >= 11 is 0. The van der Waals surface area contributed by atoms with E-state index in [1.54, 1.807) is 17.9 Å². The number of halogens is 2. The molecule has 0 saturated carbocycles. The predicted octanol–water partition coefficient (Wildman–Crippen LogP) is 2.34. The topological polar surface area (TPSA) is 38.0 Å². The van der Waals surface area contributed by atoms with E-state index in [9.17, 15) is 13.9 Å². The molecule has 1 heterocycles. The van der Waals surface area contributed by atoms with Crippen LogP contribution in [0.15, 0.2) is 24.4 Å². The van der Waals surface area contributed by atoms with Crippen LogP contribution in [0.5, 0.6) is 0 Å². The maximum absolute atomic E-state index is 13.6. The standard InChI is InChI=1S/C13H14F2N2O/c1-3-12-10(7-17(2)16-12)13(18)9-5-4-8(14)6-11(9)15/h4-7,13,18H,3H2,1-2H3. The van der Waals surface area contributed by atoms with Crippen molar-refractivity contribution in [2.45, 2.75) is 19.4 Å². The molecule has 0 aliphatic heterocycles. The number of rotatable bonds is 3. The molecule has 2 aromatic rings. The lowest BCUT2D eigenvalue weighted by Crippen LogP contribution is -2.04. The van der Waals surface area contributed by atoms with Crippen LogP contribution in [0.1, 0.15) is 29.8 Å². The summed E-state index contributed by atoms with van der Waals surface area (Å²) in [6.07, 6.45) is 1.15. The minimum Gasteiger partial charge on any atom is -0.383 e. The molecule has 1 aromatic heterocycles. The number of hydrogen-bond acceptors (Lipinski definition) is 2. The van der Waals surface area contributed by atoms with Gasteiger partial charge in [-0.25, -0.2) is 8.78 Å². The Bertz CT molecular complexity index is 566. The smallest absolute Gasteiger partial charge is 0.132 e. The number of benzene rings is 1. The van der Waals surface area contributed by atoms with E-state index in [0.29, 0.717) is 17.7 Å². The molecule has 0 amide bonds. The summed E-state index contributed by atoms with van der Waals surface area (Å²) in [6.45, 7) is 1.90. The summed E-state index contributed by atoms with van der Waals surface area (Å²) in [6, 6.07) is 3.14. The predicted molar refractivity (Wildman–Crippen MR) is 63.0 cm³/mol. The van der Waals surface area contributed by atoms with Crippen LogP contribution in [0.3, 0.4) is 0 Å². The van der Waals surface area contributed by atoms with Gasteiger partial charge in [0.1, 0.15) is 17.7 Å². The van der Waals surface area contributed by atoms with Gasteiger partial charge in [-0.1, -0.05) is 13.0 Å². The zero-order valence-corrected chi connectivity index (χ0v) is 10.2. The third-order valence-electron chi connectivity index (χ3n) is 2.82. The van der Waals surface area contributed by atoms with Gasteiger partial charge in [0.05, 0.1) is 5.69 Å². The Morgan fingerprint density at radius 2 is 2.06 bits per heavy atom. The first-order valence-corrected chi connectivity index (χ1v) is 5.68. The third-order valence-corrected chi connectivity index (χ3v) is 2.82. The van der Waals surface area contributed by atoms with Crippen molar-refractivity contribution in [3.05, 3.63) is 52.9 Å². The molecule has 2 rings (SSSR count). The molecule has 0 aliphatic rings. The van der Waals surface area contributed by atoms with E-state index in [1.807, 2.05) is 6.92 Å². The molecule has 1 N–H and O–H groups in total. The van der Waals surface area contributed by atoms with Crippen molar-refractivity contribution < 1.29 is 13.9 Å². The van der Waals surface area contributed by atoms with Gasteiger partial charge in [0.25, 0.3) is 0 Å². The van der Waals surface area contributed by atoms with E-state index >= 15 is 0 Å². The van der Waals surface area contributed by atoms with Crippen LogP contribution in [-0.4, -0.2) is 14.9 Å². The average Bonchev–Trinajstić information content (AvgIpc) is 2.69. The number of aliphatic hydroxyl groups is 1. The molecule has 5 heteroatoms. The second-order valence-corrected chi connectivity index (χ2v) is 4.13. The lowest BCUT2D eigenvalue weighted by molar-refractivity contribution is 0.213. The highest BCUT2D eigenvalue weighted by molar-refractivity contribution is 5.32. The fraction of sp³-hybridized carbons (Fsp3) is 0.308. The van der Waals surface area contributed by atoms with Gasteiger partial charge in [-0.2, -0.15) is 5.10 Å². The number of aliphatic hydroxyl groups excluding tert-OH is 1. The molecular weight excluding hydrogens is 238 g/mol. The molecule has 0 radical (unpaired) electrons. The molecule has 0 fully saturated rings. The van der Waals surface area contributed by atoms with E-state index in [1.165, 1.54) is 6.07 Å². The zero-order chi connectivity index (χ0) is 13.3. The molecule has 18 heavy (non-hydrogen) atoms. The monoisotopic (exact) mass is 252 g/mol. The molecule has 0 spiro atoms. The van der Waals surface area contributed by atoms with E-state index in [-0.39, 0.29) is 5.56 Å². The highest BCUT2D eigenvalue weighted by Crippen LogP contribution is 2.27. The second-order valence-electron chi connectivity index (χ2n) is 4.13. The van der Waals surface area contributed by atoms with Crippen LogP contribution in [0.25, 0.3) is 0 Å². The number of aryl methyl sites for hydroxylation is 2. The molecule has 1 unspecified atom stereocenters. The van der Waals surface area contributed by atoms with E-state index in [2.05, 4.69) is 5.10 Å². The number of nitrogens with zero attached hydrogens (tertiary/aromatic N) is 2. The van der Waals surface area contributed by atoms with Gasteiger partial charge in [0, 0.05) is 30.4 Å². The largest absolute Gasteiger partial charge is 0.383 e. The van der Waals surface area contributed by atoms with Crippen LogP contribution < -0.4 is 0 Å². The van der Waals surface area contributed by atoms with E-state index < -0.39 is 17.7 Å². The summed E-state index contributed by atoms with van der Waals surface area (Å²) in [5.74, 6) is -1.42. The molecule has 3 nitrogen and oxygen atoms in total. The Morgan fingerprint density at radius 1 is 1.33 bits per heavy atom. The van der Waals surface area contributed by atoms with Crippen LogP contribution in [0, 0.1) is 11.6 Å². The highest BCUT2D eigenvalue weighted by atomic mass is 19.1. The Kier molecular flexibility index (Phi) is 3.43. The Hall–Kier alpha value is -1.75. The first-order valence-electron chi connectivity index (χ1n) is 5.68. The minimum atomic E-state index is -1.13. The van der Waals surface area contributed by atoms with Crippen molar-refractivity contribution in [2.24, 2.45) is 7.05 Å². The van der Waals surface area contributed by atoms with Crippen LogP contribution in [0.2, 0.25) is 0 Å². The van der Waals surface area contributed by atoms with Crippen LogP contribution >= 0.6 is 0 Å². The first-order chi connectivity index (χ1) is 8.52. The van der Waals surface area contributed by atoms with Crippen molar-refractivity contribution in [3.63, 3.8) is 0 Å². The average molecular weight is 252 g/mol. The molecule has 0 bridgehead atoms. The molecule has 1 atom stereocenters. The molecule has 0 aliphatic carbocycles. The first kappa shape index (κ1) is 12.7. The van der Waals surface area contributed by atoms with Crippen molar-refractivity contribution in [1.29, 1.82) is 0 Å². The Morgan fingerprint density at radius 3 is 2.67 bits per heavy atom. The Labute approximate surface area is 104 Å². The van der Waals surface area contributed by atoms with Gasteiger partial charge in [0.2, 0.25) is 0 Å². The number of hydrogen-bond donors (Lipinski definition) is 1. The second kappa shape index (κ2) is 4.86. The van der Waals surface area contributed by atoms with Crippen molar-refractivity contribution in [1.82, 2.24) is 9.78 Å². The Balaban J connectivity index is 2.43.